The number of methoxy groups -OCH3 is 1. The van der Waals surface area contributed by atoms with Crippen molar-refractivity contribution in [2.45, 2.75) is 47.6 Å². The van der Waals surface area contributed by atoms with Gasteiger partial charge >= 0.3 is 0 Å². The molecule has 158 valence electrons. The third-order valence-electron chi connectivity index (χ3n) is 6.02. The third-order valence-corrected chi connectivity index (χ3v) is 6.02. The van der Waals surface area contributed by atoms with Crippen molar-refractivity contribution in [1.82, 2.24) is 0 Å². The van der Waals surface area contributed by atoms with Gasteiger partial charge in [-0.3, -0.25) is 4.79 Å². The molecule has 4 nitrogen and oxygen atoms in total. The lowest BCUT2D eigenvalue weighted by Gasteiger charge is -2.56. The Hall–Kier alpha value is -2.33. The van der Waals surface area contributed by atoms with Crippen LogP contribution in [-0.2, 0) is 9.53 Å². The van der Waals surface area contributed by atoms with Crippen LogP contribution in [0.3, 0.4) is 0 Å². The number of anilines is 1. The number of carbonyl (C=O) groups is 1. The molecule has 1 aliphatic carbocycles. The molecule has 1 atom stereocenters. The van der Waals surface area contributed by atoms with E-state index >= 15 is 0 Å². The van der Waals surface area contributed by atoms with Crippen molar-refractivity contribution in [3.05, 3.63) is 59.7 Å². The Kier molecular flexibility index (Phi) is 6.48. The Morgan fingerprint density at radius 1 is 1.07 bits per heavy atom. The molecule has 29 heavy (non-hydrogen) atoms. The van der Waals surface area contributed by atoms with E-state index in [-0.39, 0.29) is 22.4 Å². The number of rotatable bonds is 4. The zero-order valence-electron chi connectivity index (χ0n) is 19.0. The number of ketones is 1. The van der Waals surface area contributed by atoms with Gasteiger partial charge < -0.3 is 15.2 Å². The van der Waals surface area contributed by atoms with Crippen LogP contribution in [0.15, 0.2) is 54.1 Å². The minimum absolute atomic E-state index is 0.0809. The lowest BCUT2D eigenvalue weighted by Crippen LogP contribution is -2.61. The maximum absolute atomic E-state index is 13.3. The number of benzene rings is 1. The second kappa shape index (κ2) is 8.19. The highest BCUT2D eigenvalue weighted by Crippen LogP contribution is 2.58. The average Bonchev–Trinajstić information content (AvgIpc) is 2.64. The molecule has 2 rings (SSSR count). The molecule has 1 aromatic carbocycles. The van der Waals surface area contributed by atoms with E-state index in [0.717, 1.165) is 16.8 Å². The molecule has 2 N–H and O–H groups in total. The number of allylic oxidation sites excluding steroid dienone is 3. The van der Waals surface area contributed by atoms with Crippen LogP contribution < -0.4 is 5.32 Å². The predicted molar refractivity (Wildman–Crippen MR) is 121 cm³/mol. The zero-order valence-corrected chi connectivity index (χ0v) is 19.0. The van der Waals surface area contributed by atoms with Gasteiger partial charge in [-0.15, -0.1) is 0 Å². The van der Waals surface area contributed by atoms with Gasteiger partial charge in [-0.1, -0.05) is 53.7 Å². The summed E-state index contributed by atoms with van der Waals surface area (Å²) in [6, 6.07) is 7.54. The smallest absolute Gasteiger partial charge is 0.165 e. The van der Waals surface area contributed by atoms with E-state index in [2.05, 4.69) is 46.9 Å². The topological polar surface area (TPSA) is 58.6 Å². The second-order valence-corrected chi connectivity index (χ2v) is 9.67. The van der Waals surface area contributed by atoms with Crippen LogP contribution in [0.25, 0.3) is 5.76 Å². The first-order chi connectivity index (χ1) is 13.4. The van der Waals surface area contributed by atoms with Gasteiger partial charge in [0.1, 0.15) is 5.76 Å². The van der Waals surface area contributed by atoms with Gasteiger partial charge in [0.25, 0.3) is 0 Å². The fourth-order valence-electron chi connectivity index (χ4n) is 4.96. The van der Waals surface area contributed by atoms with E-state index in [1.807, 2.05) is 37.4 Å². The molecule has 0 aromatic heterocycles. The molecule has 0 bridgehead atoms. The Balaban J connectivity index is 2.55. The van der Waals surface area contributed by atoms with Gasteiger partial charge in [-0.05, 0) is 52.8 Å². The van der Waals surface area contributed by atoms with Crippen molar-refractivity contribution < 1.29 is 14.6 Å². The van der Waals surface area contributed by atoms with Crippen LogP contribution in [0, 0.1) is 16.2 Å². The van der Waals surface area contributed by atoms with Gasteiger partial charge in [0, 0.05) is 25.4 Å². The highest BCUT2D eigenvalue weighted by atomic mass is 16.5. The second-order valence-electron chi connectivity index (χ2n) is 9.67. The minimum atomic E-state index is -0.743. The number of hydrogen-bond donors (Lipinski definition) is 2. The SMILES string of the molecule is CNc1ccc(C(O)=CC=C2C=CC(=O)C(C(C)(C)C)(C(C)(C)C)C2OC)cc1. The molecule has 1 unspecified atom stereocenters. The molecular weight excluding hydrogens is 362 g/mol. The molecule has 4 heteroatoms. The summed E-state index contributed by atoms with van der Waals surface area (Å²) in [5.41, 5.74) is 1.17. The fourth-order valence-corrected chi connectivity index (χ4v) is 4.96. The molecule has 0 spiro atoms. The molecular formula is C25H35NO3. The third kappa shape index (κ3) is 4.04. The van der Waals surface area contributed by atoms with E-state index < -0.39 is 11.5 Å². The summed E-state index contributed by atoms with van der Waals surface area (Å²) >= 11 is 0. The molecule has 0 fully saturated rings. The Morgan fingerprint density at radius 2 is 1.62 bits per heavy atom. The monoisotopic (exact) mass is 397 g/mol. The predicted octanol–water partition coefficient (Wildman–Crippen LogP) is 5.79. The maximum Gasteiger partial charge on any atom is 0.165 e. The first kappa shape index (κ1) is 23.0. The number of aliphatic hydroxyl groups is 1. The van der Waals surface area contributed by atoms with E-state index in [0.29, 0.717) is 0 Å². The Bertz CT molecular complexity index is 816. The minimum Gasteiger partial charge on any atom is -0.507 e. The number of aliphatic hydroxyl groups excluding tert-OH is 1. The molecule has 0 heterocycles. The van der Waals surface area contributed by atoms with E-state index in [9.17, 15) is 9.90 Å². The Labute approximate surface area is 175 Å². The van der Waals surface area contributed by atoms with Gasteiger partial charge in [-0.25, -0.2) is 0 Å². The molecule has 1 aliphatic rings. The standard InChI is InChI=1S/C25H35NO3/c1-23(2,3)25(24(4,5)6)21(28)16-12-18(22(25)29-8)11-15-20(27)17-9-13-19(26-7)14-10-17/h9-16,22,26-27H,1-8H3. The molecule has 0 radical (unpaired) electrons. The summed E-state index contributed by atoms with van der Waals surface area (Å²) < 4.78 is 5.95. The van der Waals surface area contributed by atoms with Gasteiger partial charge in [0.05, 0.1) is 11.5 Å². The van der Waals surface area contributed by atoms with E-state index in [1.165, 1.54) is 0 Å². The van der Waals surface area contributed by atoms with Crippen LogP contribution in [0.2, 0.25) is 0 Å². The summed E-state index contributed by atoms with van der Waals surface area (Å²) in [7, 11) is 3.50. The van der Waals surface area contributed by atoms with Crippen LogP contribution in [0.5, 0.6) is 0 Å². The van der Waals surface area contributed by atoms with Crippen molar-refractivity contribution in [3.8, 4) is 0 Å². The largest absolute Gasteiger partial charge is 0.507 e. The maximum atomic E-state index is 13.3. The molecule has 1 aromatic rings. The summed E-state index contributed by atoms with van der Waals surface area (Å²) in [5, 5.41) is 13.6. The van der Waals surface area contributed by atoms with Crippen molar-refractivity contribution in [2.75, 3.05) is 19.5 Å². The van der Waals surface area contributed by atoms with Crippen LogP contribution in [0.1, 0.15) is 47.1 Å². The molecule has 0 aliphatic heterocycles. The number of ether oxygens (including phenoxy) is 1. The fraction of sp³-hybridized carbons (Fsp3) is 0.480. The molecule has 0 saturated heterocycles. The first-order valence-electron chi connectivity index (χ1n) is 10.0. The van der Waals surface area contributed by atoms with E-state index in [1.54, 1.807) is 25.3 Å². The number of hydrogen-bond acceptors (Lipinski definition) is 4. The quantitative estimate of drug-likeness (QED) is 0.632. The van der Waals surface area contributed by atoms with Crippen molar-refractivity contribution in [3.63, 3.8) is 0 Å². The van der Waals surface area contributed by atoms with Crippen LogP contribution >= 0.6 is 0 Å². The first-order valence-corrected chi connectivity index (χ1v) is 10.0. The zero-order chi connectivity index (χ0) is 22.0. The lowest BCUT2D eigenvalue weighted by molar-refractivity contribution is -0.162. The Morgan fingerprint density at radius 3 is 2.07 bits per heavy atom. The summed E-state index contributed by atoms with van der Waals surface area (Å²) in [4.78, 5) is 13.3. The summed E-state index contributed by atoms with van der Waals surface area (Å²) in [6.07, 6.45) is 6.57. The normalized spacial score (nSPS) is 21.5. The highest BCUT2D eigenvalue weighted by molar-refractivity contribution is 5.99. The molecule has 0 amide bonds. The summed E-state index contributed by atoms with van der Waals surface area (Å²) in [6.45, 7) is 12.6. The van der Waals surface area contributed by atoms with Gasteiger partial charge in [-0.2, -0.15) is 0 Å². The van der Waals surface area contributed by atoms with Gasteiger partial charge in [0.15, 0.2) is 5.78 Å². The van der Waals surface area contributed by atoms with Gasteiger partial charge in [0.2, 0.25) is 0 Å². The number of carbonyl (C=O) groups excluding carboxylic acids is 1. The van der Waals surface area contributed by atoms with Crippen molar-refractivity contribution in [2.24, 2.45) is 16.2 Å². The molecule has 0 saturated carbocycles. The van der Waals surface area contributed by atoms with Crippen molar-refractivity contribution >= 4 is 17.2 Å². The van der Waals surface area contributed by atoms with Crippen molar-refractivity contribution in [1.29, 1.82) is 0 Å². The summed E-state index contributed by atoms with van der Waals surface area (Å²) in [5.74, 6) is 0.245. The van der Waals surface area contributed by atoms with E-state index in [4.69, 9.17) is 4.74 Å². The number of nitrogens with one attached hydrogen (secondary N) is 1. The highest BCUT2D eigenvalue weighted by Gasteiger charge is 2.61. The lowest BCUT2D eigenvalue weighted by atomic mass is 9.47. The van der Waals surface area contributed by atoms with Crippen LogP contribution in [0.4, 0.5) is 5.69 Å². The van der Waals surface area contributed by atoms with Crippen LogP contribution in [-0.4, -0.2) is 31.2 Å². The average molecular weight is 398 g/mol.